The van der Waals surface area contributed by atoms with E-state index in [9.17, 15) is 9.59 Å². The van der Waals surface area contributed by atoms with Crippen molar-refractivity contribution >= 4 is 17.5 Å². The molecule has 1 aliphatic heterocycles. The Labute approximate surface area is 124 Å². The van der Waals surface area contributed by atoms with Gasteiger partial charge in [-0.05, 0) is 31.5 Å². The zero-order valence-corrected chi connectivity index (χ0v) is 12.4. The van der Waals surface area contributed by atoms with Crippen LogP contribution in [0, 0.1) is 6.92 Å². The van der Waals surface area contributed by atoms with Crippen molar-refractivity contribution < 1.29 is 14.3 Å². The molecule has 1 unspecified atom stereocenters. The minimum atomic E-state index is -0.573. The normalized spacial score (nSPS) is 16.4. The van der Waals surface area contributed by atoms with Gasteiger partial charge < -0.3 is 20.7 Å². The van der Waals surface area contributed by atoms with Gasteiger partial charge in [0.05, 0.1) is 13.2 Å². The smallest absolute Gasteiger partial charge is 0.252 e. The molecule has 0 spiro atoms. The van der Waals surface area contributed by atoms with Gasteiger partial charge in [-0.2, -0.15) is 0 Å². The molecule has 2 amide bonds. The maximum absolute atomic E-state index is 12.3. The average Bonchev–Trinajstić information content (AvgIpc) is 2.49. The Morgan fingerprint density at radius 2 is 2.00 bits per heavy atom. The van der Waals surface area contributed by atoms with Crippen molar-refractivity contribution in [3.63, 3.8) is 0 Å². The zero-order chi connectivity index (χ0) is 15.4. The van der Waals surface area contributed by atoms with Crippen LogP contribution in [0.25, 0.3) is 0 Å². The number of amides is 2. The molecule has 6 heteroatoms. The highest BCUT2D eigenvalue weighted by atomic mass is 16.5. The second-order valence-electron chi connectivity index (χ2n) is 5.21. The highest BCUT2D eigenvalue weighted by Gasteiger charge is 2.24. The van der Waals surface area contributed by atoms with E-state index >= 15 is 0 Å². The summed E-state index contributed by atoms with van der Waals surface area (Å²) in [5.74, 6) is -0.373. The standard InChI is InChI=1S/C15H21N3O3/c1-10-3-4-12(16)9-13(10)14(19)17-11(2)15(20)18-5-7-21-8-6-18/h3-4,9,11H,5-8,16H2,1-2H3,(H,17,19). The molecule has 1 atom stereocenters. The average molecular weight is 291 g/mol. The molecule has 1 saturated heterocycles. The van der Waals surface area contributed by atoms with Crippen LogP contribution in [0.3, 0.4) is 0 Å². The van der Waals surface area contributed by atoms with Crippen molar-refractivity contribution in [2.75, 3.05) is 32.0 Å². The van der Waals surface area contributed by atoms with Crippen LogP contribution >= 0.6 is 0 Å². The number of rotatable bonds is 3. The van der Waals surface area contributed by atoms with Crippen molar-refractivity contribution in [2.45, 2.75) is 19.9 Å². The Kier molecular flexibility index (Phi) is 4.80. The number of anilines is 1. The first-order chi connectivity index (χ1) is 9.99. The lowest BCUT2D eigenvalue weighted by Gasteiger charge is -2.29. The summed E-state index contributed by atoms with van der Waals surface area (Å²) in [4.78, 5) is 26.2. The third-order valence-electron chi connectivity index (χ3n) is 3.55. The van der Waals surface area contributed by atoms with Gasteiger partial charge in [-0.15, -0.1) is 0 Å². The first-order valence-corrected chi connectivity index (χ1v) is 7.02. The number of nitrogens with one attached hydrogen (secondary N) is 1. The Balaban J connectivity index is 2.01. The van der Waals surface area contributed by atoms with E-state index in [4.69, 9.17) is 10.5 Å². The number of ether oxygens (including phenoxy) is 1. The molecule has 1 heterocycles. The van der Waals surface area contributed by atoms with Gasteiger partial charge in [0.2, 0.25) is 5.91 Å². The predicted molar refractivity (Wildman–Crippen MR) is 79.9 cm³/mol. The monoisotopic (exact) mass is 291 g/mol. The van der Waals surface area contributed by atoms with Gasteiger partial charge in [0.15, 0.2) is 0 Å². The van der Waals surface area contributed by atoms with E-state index < -0.39 is 6.04 Å². The molecule has 0 radical (unpaired) electrons. The Morgan fingerprint density at radius 3 is 2.67 bits per heavy atom. The number of benzene rings is 1. The van der Waals surface area contributed by atoms with Gasteiger partial charge in [-0.1, -0.05) is 6.07 Å². The molecule has 114 valence electrons. The fourth-order valence-corrected chi connectivity index (χ4v) is 2.28. The SMILES string of the molecule is Cc1ccc(N)cc1C(=O)NC(C)C(=O)N1CCOCC1. The minimum absolute atomic E-state index is 0.0896. The van der Waals surface area contributed by atoms with Crippen molar-refractivity contribution in [3.8, 4) is 0 Å². The van der Waals surface area contributed by atoms with Crippen LogP contribution in [0.4, 0.5) is 5.69 Å². The second kappa shape index (κ2) is 6.58. The molecule has 21 heavy (non-hydrogen) atoms. The van der Waals surface area contributed by atoms with E-state index in [0.717, 1.165) is 5.56 Å². The van der Waals surface area contributed by atoms with Gasteiger partial charge >= 0.3 is 0 Å². The quantitative estimate of drug-likeness (QED) is 0.797. The number of carbonyl (C=O) groups excluding carboxylic acids is 2. The van der Waals surface area contributed by atoms with E-state index in [-0.39, 0.29) is 11.8 Å². The number of hydrogen-bond donors (Lipinski definition) is 2. The molecule has 0 bridgehead atoms. The van der Waals surface area contributed by atoms with Gasteiger partial charge in [0, 0.05) is 24.3 Å². The number of hydrogen-bond acceptors (Lipinski definition) is 4. The lowest BCUT2D eigenvalue weighted by atomic mass is 10.1. The molecule has 3 N–H and O–H groups in total. The molecule has 0 aliphatic carbocycles. The summed E-state index contributed by atoms with van der Waals surface area (Å²) in [5.41, 5.74) is 7.55. The molecule has 6 nitrogen and oxygen atoms in total. The summed E-state index contributed by atoms with van der Waals surface area (Å²) >= 11 is 0. The van der Waals surface area contributed by atoms with E-state index in [1.165, 1.54) is 0 Å². The fraction of sp³-hybridized carbons (Fsp3) is 0.467. The second-order valence-corrected chi connectivity index (χ2v) is 5.21. The fourth-order valence-electron chi connectivity index (χ4n) is 2.28. The molecule has 1 aromatic carbocycles. The lowest BCUT2D eigenvalue weighted by Crippen LogP contribution is -2.50. The van der Waals surface area contributed by atoms with Crippen LogP contribution in [0.1, 0.15) is 22.8 Å². The minimum Gasteiger partial charge on any atom is -0.399 e. The van der Waals surface area contributed by atoms with Crippen LogP contribution in [0.5, 0.6) is 0 Å². The molecule has 2 rings (SSSR count). The molecule has 1 fully saturated rings. The molecular weight excluding hydrogens is 270 g/mol. The van der Waals surface area contributed by atoms with Crippen molar-refractivity contribution in [1.29, 1.82) is 0 Å². The Bertz CT molecular complexity index is 539. The molecule has 1 aliphatic rings. The third kappa shape index (κ3) is 3.72. The maximum atomic E-state index is 12.3. The van der Waals surface area contributed by atoms with E-state index in [2.05, 4.69) is 5.32 Å². The number of carbonyl (C=O) groups is 2. The van der Waals surface area contributed by atoms with Gasteiger partial charge in [0.25, 0.3) is 5.91 Å². The Morgan fingerprint density at radius 1 is 1.33 bits per heavy atom. The number of nitrogens with two attached hydrogens (primary N) is 1. The summed E-state index contributed by atoms with van der Waals surface area (Å²) in [6.45, 7) is 5.74. The highest BCUT2D eigenvalue weighted by molar-refractivity contribution is 5.99. The van der Waals surface area contributed by atoms with Crippen LogP contribution in [-0.4, -0.2) is 49.1 Å². The number of nitrogen functional groups attached to an aromatic ring is 1. The first-order valence-electron chi connectivity index (χ1n) is 7.02. The Hall–Kier alpha value is -2.08. The van der Waals surface area contributed by atoms with Gasteiger partial charge in [-0.25, -0.2) is 0 Å². The first kappa shape index (κ1) is 15.3. The van der Waals surface area contributed by atoms with Gasteiger partial charge in [-0.3, -0.25) is 9.59 Å². The van der Waals surface area contributed by atoms with Gasteiger partial charge in [0.1, 0.15) is 6.04 Å². The summed E-state index contributed by atoms with van der Waals surface area (Å²) in [5, 5.41) is 2.73. The zero-order valence-electron chi connectivity index (χ0n) is 12.4. The van der Waals surface area contributed by atoms with Crippen molar-refractivity contribution in [2.24, 2.45) is 0 Å². The largest absolute Gasteiger partial charge is 0.399 e. The lowest BCUT2D eigenvalue weighted by molar-refractivity contribution is -0.136. The molecular formula is C15H21N3O3. The molecule has 1 aromatic rings. The predicted octanol–water partition coefficient (Wildman–Crippen LogP) is 0.554. The summed E-state index contributed by atoms with van der Waals surface area (Å²) in [6.07, 6.45) is 0. The van der Waals surface area contributed by atoms with E-state index in [1.54, 1.807) is 30.0 Å². The molecule has 0 aromatic heterocycles. The summed E-state index contributed by atoms with van der Waals surface area (Å²) in [6, 6.07) is 4.58. The van der Waals surface area contributed by atoms with Crippen LogP contribution in [0.15, 0.2) is 18.2 Å². The number of morpholine rings is 1. The summed E-state index contributed by atoms with van der Waals surface area (Å²) in [7, 11) is 0. The van der Waals surface area contributed by atoms with Crippen LogP contribution in [0.2, 0.25) is 0 Å². The van der Waals surface area contributed by atoms with Crippen molar-refractivity contribution in [3.05, 3.63) is 29.3 Å². The summed E-state index contributed by atoms with van der Waals surface area (Å²) < 4.78 is 5.21. The van der Waals surface area contributed by atoms with E-state index in [0.29, 0.717) is 37.6 Å². The van der Waals surface area contributed by atoms with E-state index in [1.807, 2.05) is 6.92 Å². The number of aryl methyl sites for hydroxylation is 1. The molecule has 0 saturated carbocycles. The topological polar surface area (TPSA) is 84.7 Å². The highest BCUT2D eigenvalue weighted by Crippen LogP contribution is 2.13. The van der Waals surface area contributed by atoms with Crippen molar-refractivity contribution in [1.82, 2.24) is 10.2 Å². The van der Waals surface area contributed by atoms with Crippen LogP contribution in [-0.2, 0) is 9.53 Å². The van der Waals surface area contributed by atoms with Crippen LogP contribution < -0.4 is 11.1 Å². The number of nitrogens with zero attached hydrogens (tertiary/aromatic N) is 1. The third-order valence-corrected chi connectivity index (χ3v) is 3.55. The maximum Gasteiger partial charge on any atom is 0.252 e.